The lowest BCUT2D eigenvalue weighted by molar-refractivity contribution is 0.157. The number of fused-ring (bicyclic) bond motifs is 2. The number of anilines is 2. The summed E-state index contributed by atoms with van der Waals surface area (Å²) in [4.78, 5) is 23.4. The van der Waals surface area contributed by atoms with E-state index in [2.05, 4.69) is 34.3 Å². The Bertz CT molecular complexity index is 815. The van der Waals surface area contributed by atoms with Crippen LogP contribution in [0, 0.1) is 0 Å². The molecule has 2 aromatic rings. The van der Waals surface area contributed by atoms with Gasteiger partial charge in [-0.25, -0.2) is 14.8 Å². The van der Waals surface area contributed by atoms with E-state index in [1.807, 2.05) is 23.2 Å². The minimum absolute atomic E-state index is 0.0381. The average molecular weight is 351 g/mol. The number of urea groups is 1. The summed E-state index contributed by atoms with van der Waals surface area (Å²) in [5.74, 6) is 0.322. The van der Waals surface area contributed by atoms with Crippen molar-refractivity contribution >= 4 is 17.7 Å². The number of nitrogen functional groups attached to an aromatic ring is 1. The summed E-state index contributed by atoms with van der Waals surface area (Å²) in [6, 6.07) is 8.01. The van der Waals surface area contributed by atoms with Crippen LogP contribution in [0.2, 0.25) is 0 Å². The summed E-state index contributed by atoms with van der Waals surface area (Å²) in [5.41, 5.74) is 10.1. The number of carbonyl (C=O) groups is 1. The third kappa shape index (κ3) is 3.00. The van der Waals surface area contributed by atoms with Gasteiger partial charge < -0.3 is 16.0 Å². The topological polar surface area (TPSA) is 84.1 Å². The maximum Gasteiger partial charge on any atom is 0.321 e. The smallest absolute Gasteiger partial charge is 0.321 e. The zero-order valence-corrected chi connectivity index (χ0v) is 15.2. The van der Waals surface area contributed by atoms with Gasteiger partial charge in [0.25, 0.3) is 0 Å². The molecule has 2 aliphatic rings. The van der Waals surface area contributed by atoms with E-state index >= 15 is 0 Å². The number of rotatable bonds is 2. The Morgan fingerprint density at radius 2 is 2.12 bits per heavy atom. The molecule has 0 saturated carbocycles. The zero-order valence-electron chi connectivity index (χ0n) is 15.2. The van der Waals surface area contributed by atoms with Crippen LogP contribution in [0.25, 0.3) is 0 Å². The molecule has 4 rings (SSSR count). The van der Waals surface area contributed by atoms with Crippen LogP contribution in [-0.2, 0) is 18.3 Å². The van der Waals surface area contributed by atoms with Crippen molar-refractivity contribution in [1.29, 1.82) is 0 Å². The highest BCUT2D eigenvalue weighted by molar-refractivity contribution is 5.89. The molecule has 1 aromatic heterocycles. The van der Waals surface area contributed by atoms with Crippen LogP contribution in [0.15, 0.2) is 30.5 Å². The predicted molar refractivity (Wildman–Crippen MR) is 102 cm³/mol. The van der Waals surface area contributed by atoms with Crippen molar-refractivity contribution in [2.24, 2.45) is 0 Å². The number of aromatic nitrogens is 2. The second-order valence-corrected chi connectivity index (χ2v) is 7.39. The van der Waals surface area contributed by atoms with Gasteiger partial charge in [0.15, 0.2) is 0 Å². The molecule has 1 spiro atoms. The lowest BCUT2D eigenvalue weighted by atomic mass is 9.77. The van der Waals surface area contributed by atoms with Crippen LogP contribution in [0.4, 0.5) is 16.4 Å². The van der Waals surface area contributed by atoms with E-state index in [0.717, 1.165) is 50.0 Å². The molecule has 0 radical (unpaired) electrons. The van der Waals surface area contributed by atoms with Crippen LogP contribution in [0.3, 0.4) is 0 Å². The van der Waals surface area contributed by atoms with Gasteiger partial charge in [-0.1, -0.05) is 19.1 Å². The molecule has 6 heteroatoms. The third-order valence-corrected chi connectivity index (χ3v) is 5.74. The maximum atomic E-state index is 12.8. The number of likely N-dealkylation sites (tertiary alicyclic amines) is 1. The van der Waals surface area contributed by atoms with Gasteiger partial charge in [-0.2, -0.15) is 0 Å². The molecule has 1 aliphatic carbocycles. The van der Waals surface area contributed by atoms with Crippen molar-refractivity contribution in [1.82, 2.24) is 14.9 Å². The number of nitrogens with two attached hydrogens (primary N) is 1. The first-order valence-corrected chi connectivity index (χ1v) is 9.36. The molecule has 6 nitrogen and oxygen atoms in total. The molecule has 0 bridgehead atoms. The normalized spacial score (nSPS) is 21.7. The monoisotopic (exact) mass is 351 g/mol. The standard InChI is InChI=1S/C20H25N5O/c1-2-14-4-6-16(7-5-14)23-19(26)25-11-3-9-20(13-25)10-8-15-12-22-18(21)24-17(15)20/h4-7,12H,2-3,8-11,13H2,1H3,(H,23,26)(H2,21,22,24). The lowest BCUT2D eigenvalue weighted by Gasteiger charge is -2.40. The second kappa shape index (κ2) is 6.59. The number of hydrogen-bond donors (Lipinski definition) is 2. The number of nitrogens with one attached hydrogen (secondary N) is 1. The lowest BCUT2D eigenvalue weighted by Crippen LogP contribution is -2.49. The quantitative estimate of drug-likeness (QED) is 0.870. The van der Waals surface area contributed by atoms with Gasteiger partial charge >= 0.3 is 6.03 Å². The van der Waals surface area contributed by atoms with Crippen LogP contribution < -0.4 is 11.1 Å². The first kappa shape index (κ1) is 16.8. The molecule has 1 aliphatic heterocycles. The Balaban J connectivity index is 1.50. The largest absolute Gasteiger partial charge is 0.368 e. The summed E-state index contributed by atoms with van der Waals surface area (Å²) in [6.45, 7) is 3.59. The molecular formula is C20H25N5O. The van der Waals surface area contributed by atoms with Crippen molar-refractivity contribution in [2.75, 3.05) is 24.1 Å². The van der Waals surface area contributed by atoms with Crippen molar-refractivity contribution in [2.45, 2.75) is 44.4 Å². The fourth-order valence-corrected chi connectivity index (χ4v) is 4.28. The summed E-state index contributed by atoms with van der Waals surface area (Å²) in [7, 11) is 0. The van der Waals surface area contributed by atoms with Gasteiger partial charge in [-0.05, 0) is 55.4 Å². The highest BCUT2D eigenvalue weighted by atomic mass is 16.2. The minimum Gasteiger partial charge on any atom is -0.368 e. The van der Waals surface area contributed by atoms with E-state index < -0.39 is 0 Å². The first-order chi connectivity index (χ1) is 12.6. The van der Waals surface area contributed by atoms with E-state index in [1.165, 1.54) is 11.1 Å². The fraction of sp³-hybridized carbons (Fsp3) is 0.450. The van der Waals surface area contributed by atoms with Gasteiger partial charge in [0.1, 0.15) is 0 Å². The van der Waals surface area contributed by atoms with Gasteiger partial charge in [0.2, 0.25) is 5.95 Å². The van der Waals surface area contributed by atoms with Crippen molar-refractivity contribution < 1.29 is 4.79 Å². The van der Waals surface area contributed by atoms with E-state index in [0.29, 0.717) is 12.5 Å². The Morgan fingerprint density at radius 3 is 2.88 bits per heavy atom. The van der Waals surface area contributed by atoms with Gasteiger partial charge in [-0.15, -0.1) is 0 Å². The Labute approximate surface area is 153 Å². The van der Waals surface area contributed by atoms with Crippen LogP contribution in [0.5, 0.6) is 0 Å². The van der Waals surface area contributed by atoms with Crippen molar-refractivity contribution in [3.8, 4) is 0 Å². The Kier molecular flexibility index (Phi) is 4.26. The summed E-state index contributed by atoms with van der Waals surface area (Å²) in [6.07, 6.45) is 6.84. The SMILES string of the molecule is CCc1ccc(NC(=O)N2CCCC3(CCc4cnc(N)nc43)C2)cc1. The van der Waals surface area contributed by atoms with Gasteiger partial charge in [0.05, 0.1) is 5.69 Å². The summed E-state index contributed by atoms with van der Waals surface area (Å²) < 4.78 is 0. The minimum atomic E-state index is -0.0753. The van der Waals surface area contributed by atoms with Crippen LogP contribution in [-0.4, -0.2) is 34.0 Å². The molecule has 3 N–H and O–H groups in total. The van der Waals surface area contributed by atoms with Crippen LogP contribution in [0.1, 0.15) is 43.0 Å². The zero-order chi connectivity index (χ0) is 18.1. The molecule has 1 fully saturated rings. The average Bonchev–Trinajstić information content (AvgIpc) is 2.99. The molecule has 26 heavy (non-hydrogen) atoms. The second-order valence-electron chi connectivity index (χ2n) is 7.39. The Morgan fingerprint density at radius 1 is 1.31 bits per heavy atom. The third-order valence-electron chi connectivity index (χ3n) is 5.74. The first-order valence-electron chi connectivity index (χ1n) is 9.36. The molecule has 1 saturated heterocycles. The number of aryl methyl sites for hydroxylation is 2. The van der Waals surface area contributed by atoms with E-state index in [1.54, 1.807) is 0 Å². The highest BCUT2D eigenvalue weighted by Crippen LogP contribution is 2.44. The van der Waals surface area contributed by atoms with Crippen molar-refractivity contribution in [3.63, 3.8) is 0 Å². The summed E-state index contributed by atoms with van der Waals surface area (Å²) >= 11 is 0. The number of benzene rings is 1. The van der Waals surface area contributed by atoms with Crippen molar-refractivity contribution in [3.05, 3.63) is 47.3 Å². The molecule has 1 aromatic carbocycles. The van der Waals surface area contributed by atoms with E-state index in [9.17, 15) is 4.79 Å². The highest BCUT2D eigenvalue weighted by Gasteiger charge is 2.44. The van der Waals surface area contributed by atoms with Crippen LogP contribution >= 0.6 is 0 Å². The predicted octanol–water partition coefficient (Wildman–Crippen LogP) is 3.13. The molecule has 136 valence electrons. The van der Waals surface area contributed by atoms with E-state index in [-0.39, 0.29) is 11.4 Å². The number of carbonyl (C=O) groups excluding carboxylic acids is 1. The fourth-order valence-electron chi connectivity index (χ4n) is 4.28. The summed E-state index contributed by atoms with van der Waals surface area (Å²) in [5, 5.41) is 3.03. The number of nitrogens with zero attached hydrogens (tertiary/aromatic N) is 3. The molecule has 2 heterocycles. The Hall–Kier alpha value is -2.63. The molecular weight excluding hydrogens is 326 g/mol. The number of hydrogen-bond acceptors (Lipinski definition) is 4. The molecule has 1 unspecified atom stereocenters. The number of piperidine rings is 1. The van der Waals surface area contributed by atoms with Gasteiger partial charge in [-0.3, -0.25) is 0 Å². The number of amides is 2. The molecule has 2 amide bonds. The van der Waals surface area contributed by atoms with E-state index in [4.69, 9.17) is 5.73 Å². The maximum absolute atomic E-state index is 12.8. The van der Waals surface area contributed by atoms with Gasteiger partial charge in [0, 0.05) is 30.4 Å². The molecule has 1 atom stereocenters.